The minimum absolute atomic E-state index is 0.0180. The molecular weight excluding hydrogens is 347 g/mol. The van der Waals surface area contributed by atoms with E-state index in [-0.39, 0.29) is 6.10 Å². The van der Waals surface area contributed by atoms with Crippen LogP contribution in [0.1, 0.15) is 0 Å². The molecule has 0 aliphatic carbocycles. The van der Waals surface area contributed by atoms with Crippen molar-refractivity contribution < 1.29 is 8.85 Å². The molecule has 0 amide bonds. The van der Waals surface area contributed by atoms with Crippen molar-refractivity contribution in [3.8, 4) is 0 Å². The van der Waals surface area contributed by atoms with Crippen LogP contribution in [0.25, 0.3) is 0 Å². The molecule has 0 spiro atoms. The van der Waals surface area contributed by atoms with E-state index in [1.165, 1.54) is 5.30 Å². The highest BCUT2D eigenvalue weighted by atomic mass is 35.7. The molecule has 0 fully saturated rings. The first-order valence-corrected chi connectivity index (χ1v) is 17.5. The lowest BCUT2D eigenvalue weighted by atomic mass is 10.4. The highest BCUT2D eigenvalue weighted by Gasteiger charge is 2.50. The zero-order chi connectivity index (χ0) is 16.6. The third-order valence-electron chi connectivity index (χ3n) is 3.19. The first-order chi connectivity index (χ1) is 9.99. The lowest BCUT2D eigenvalue weighted by Gasteiger charge is -2.27. The van der Waals surface area contributed by atoms with E-state index in [1.54, 1.807) is 0 Å². The predicted molar refractivity (Wildman–Crippen MR) is 104 cm³/mol. The molecule has 0 bridgehead atoms. The molecular formula is C16H27ClO2PSi2+. The summed E-state index contributed by atoms with van der Waals surface area (Å²) in [6.07, 6.45) is 0.868. The van der Waals surface area contributed by atoms with Crippen LogP contribution in [0.5, 0.6) is 0 Å². The molecule has 1 aliphatic rings. The van der Waals surface area contributed by atoms with Crippen LogP contribution >= 0.6 is 17.9 Å². The number of halogens is 1. The van der Waals surface area contributed by atoms with Gasteiger partial charge >= 0.3 is 0 Å². The summed E-state index contributed by atoms with van der Waals surface area (Å²) in [5, 5.41) is 1.22. The molecule has 0 saturated carbocycles. The molecule has 0 aromatic heterocycles. The Morgan fingerprint density at radius 1 is 1.00 bits per heavy atom. The second-order valence-corrected chi connectivity index (χ2v) is 21.1. The fraction of sp³-hybridized carbons (Fsp3) is 0.500. The van der Waals surface area contributed by atoms with Gasteiger partial charge in [-0.2, -0.15) is 0 Å². The first-order valence-electron chi connectivity index (χ1n) is 7.71. The topological polar surface area (TPSA) is 18.5 Å². The molecule has 0 N–H and O–H groups in total. The average molecular weight is 374 g/mol. The minimum Gasteiger partial charge on any atom is -0.543 e. The summed E-state index contributed by atoms with van der Waals surface area (Å²) in [7, 11) is -3.33. The Kier molecular flexibility index (Phi) is 5.30. The smallest absolute Gasteiger partial charge is 0.242 e. The van der Waals surface area contributed by atoms with E-state index in [0.29, 0.717) is 0 Å². The van der Waals surface area contributed by atoms with Crippen LogP contribution in [-0.4, -0.2) is 28.9 Å². The highest BCUT2D eigenvalue weighted by Crippen LogP contribution is 2.69. The maximum atomic E-state index is 7.05. The van der Waals surface area contributed by atoms with Crippen LogP contribution < -0.4 is 5.30 Å². The van der Waals surface area contributed by atoms with Gasteiger partial charge in [0, 0.05) is 0 Å². The van der Waals surface area contributed by atoms with Crippen LogP contribution in [0.4, 0.5) is 0 Å². The summed E-state index contributed by atoms with van der Waals surface area (Å²) < 4.78 is 12.7. The molecule has 2 atom stereocenters. The van der Waals surface area contributed by atoms with E-state index in [4.69, 9.17) is 20.1 Å². The Hall–Kier alpha value is -0.126. The second kappa shape index (κ2) is 6.41. The van der Waals surface area contributed by atoms with Crippen molar-refractivity contribution in [3.63, 3.8) is 0 Å². The Morgan fingerprint density at radius 2 is 1.59 bits per heavy atom. The third-order valence-corrected chi connectivity index (χ3v) is 9.00. The highest BCUT2D eigenvalue weighted by molar-refractivity contribution is 8.07. The fourth-order valence-electron chi connectivity index (χ4n) is 2.49. The van der Waals surface area contributed by atoms with Gasteiger partial charge in [0.15, 0.2) is 14.9 Å². The Balaban J connectivity index is 2.32. The van der Waals surface area contributed by atoms with E-state index in [0.717, 1.165) is 11.9 Å². The number of rotatable bonds is 5. The van der Waals surface area contributed by atoms with Crippen molar-refractivity contribution in [2.45, 2.75) is 45.4 Å². The van der Waals surface area contributed by atoms with E-state index in [9.17, 15) is 0 Å². The molecule has 2 rings (SSSR count). The van der Waals surface area contributed by atoms with Gasteiger partial charge in [0.2, 0.25) is 8.32 Å². The van der Waals surface area contributed by atoms with Gasteiger partial charge in [-0.15, -0.1) is 0 Å². The molecule has 1 heterocycles. The molecule has 22 heavy (non-hydrogen) atoms. The maximum Gasteiger partial charge on any atom is 0.242 e. The van der Waals surface area contributed by atoms with Gasteiger partial charge < -0.3 is 8.85 Å². The zero-order valence-corrected chi connectivity index (χ0v) is 18.0. The molecule has 0 saturated heterocycles. The molecule has 2 unspecified atom stereocenters. The lowest BCUT2D eigenvalue weighted by Crippen LogP contribution is -2.36. The van der Waals surface area contributed by atoms with Crippen LogP contribution in [0.2, 0.25) is 39.3 Å². The summed E-state index contributed by atoms with van der Waals surface area (Å²) in [6.45, 7) is 11.4. The van der Waals surface area contributed by atoms with E-state index in [2.05, 4.69) is 69.4 Å². The van der Waals surface area contributed by atoms with Crippen molar-refractivity contribution in [1.82, 2.24) is 0 Å². The van der Waals surface area contributed by atoms with Gasteiger partial charge in [0.05, 0.1) is 11.2 Å². The van der Waals surface area contributed by atoms with Gasteiger partial charge in [0.25, 0.3) is 0 Å². The first kappa shape index (κ1) is 18.2. The summed E-state index contributed by atoms with van der Waals surface area (Å²) in [6, 6.07) is 10.4. The van der Waals surface area contributed by atoms with Gasteiger partial charge in [-0.3, -0.25) is 0 Å². The molecule has 122 valence electrons. The van der Waals surface area contributed by atoms with E-state index in [1.807, 2.05) is 6.07 Å². The fourth-order valence-corrected chi connectivity index (χ4v) is 8.18. The third kappa shape index (κ3) is 4.94. The summed E-state index contributed by atoms with van der Waals surface area (Å²) in [5.41, 5.74) is 0. The quantitative estimate of drug-likeness (QED) is 0.507. The molecule has 2 nitrogen and oxygen atoms in total. The number of hydrogen-bond acceptors (Lipinski definition) is 2. The largest absolute Gasteiger partial charge is 0.543 e. The molecule has 1 aromatic carbocycles. The standard InChI is InChI=1S/C16H27ClO2PSi2/c1-21(2,3)18-15-12-20(17,14-10-8-7-9-11-14)13-16(15)19-22(4,5)6/h7-12,16H,13H2,1-6H3/q+1. The summed E-state index contributed by atoms with van der Waals surface area (Å²) in [5.74, 6) is 3.17. The summed E-state index contributed by atoms with van der Waals surface area (Å²) >= 11 is 7.05. The van der Waals surface area contributed by atoms with Crippen LogP contribution in [0, 0.1) is 0 Å². The Morgan fingerprint density at radius 3 is 2.09 bits per heavy atom. The van der Waals surface area contributed by atoms with Gasteiger partial charge in [-0.05, 0) is 51.4 Å². The maximum absolute atomic E-state index is 7.05. The average Bonchev–Trinajstić information content (AvgIpc) is 2.63. The van der Waals surface area contributed by atoms with Crippen molar-refractivity contribution in [2.75, 3.05) is 6.16 Å². The van der Waals surface area contributed by atoms with Crippen molar-refractivity contribution in [3.05, 3.63) is 41.9 Å². The van der Waals surface area contributed by atoms with E-state index < -0.39 is 23.2 Å². The van der Waals surface area contributed by atoms with Crippen molar-refractivity contribution in [2.24, 2.45) is 0 Å². The van der Waals surface area contributed by atoms with Crippen LogP contribution in [0.3, 0.4) is 0 Å². The predicted octanol–water partition coefficient (Wildman–Crippen LogP) is 5.41. The second-order valence-electron chi connectivity index (χ2n) is 7.75. The van der Waals surface area contributed by atoms with Crippen LogP contribution in [0.15, 0.2) is 41.9 Å². The molecule has 6 heteroatoms. The monoisotopic (exact) mass is 373 g/mol. The normalized spacial score (nSPS) is 26.0. The van der Waals surface area contributed by atoms with Gasteiger partial charge in [0.1, 0.15) is 29.1 Å². The SMILES string of the molecule is C[Si](C)(C)OC1=C[P+](Cl)(c2ccccc2)CC1O[Si](C)(C)C. The summed E-state index contributed by atoms with van der Waals surface area (Å²) in [4.78, 5) is 0. The molecule has 1 aromatic rings. The Labute approximate surface area is 142 Å². The van der Waals surface area contributed by atoms with Crippen molar-refractivity contribution >= 4 is 39.8 Å². The minimum atomic E-state index is -1.85. The molecule has 0 radical (unpaired) electrons. The van der Waals surface area contributed by atoms with Gasteiger partial charge in [-0.1, -0.05) is 18.2 Å². The van der Waals surface area contributed by atoms with Crippen LogP contribution in [-0.2, 0) is 8.85 Å². The Bertz CT molecular complexity index is 552. The number of benzene rings is 1. The van der Waals surface area contributed by atoms with Crippen molar-refractivity contribution in [1.29, 1.82) is 0 Å². The van der Waals surface area contributed by atoms with Gasteiger partial charge in [-0.25, -0.2) is 0 Å². The number of hydrogen-bond donors (Lipinski definition) is 0. The lowest BCUT2D eigenvalue weighted by molar-refractivity contribution is 0.199. The zero-order valence-electron chi connectivity index (χ0n) is 14.4. The molecule has 1 aliphatic heterocycles. The van der Waals surface area contributed by atoms with E-state index >= 15 is 0 Å².